The predicted octanol–water partition coefficient (Wildman–Crippen LogP) is 2.81. The van der Waals surface area contributed by atoms with Crippen LogP contribution < -0.4 is 5.32 Å². The average Bonchev–Trinajstić information content (AvgIpc) is 2.22. The smallest absolute Gasteiger partial charge is 0.147 e. The minimum Gasteiger partial charge on any atom is -0.308 e. The molecule has 0 aromatic carbocycles. The Labute approximate surface area is 124 Å². The Hall–Kier alpha value is 0.230. The minimum atomic E-state index is 0. The van der Waals surface area contributed by atoms with Crippen molar-refractivity contribution in [3.63, 3.8) is 0 Å². The van der Waals surface area contributed by atoms with Crippen LogP contribution in [0.15, 0.2) is 12.3 Å². The number of pyridine rings is 1. The Balaban J connectivity index is 0.00000128. The maximum atomic E-state index is 5.93. The fraction of sp³-hybridized carbons (Fsp3) is 0.500. The van der Waals surface area contributed by atoms with E-state index in [1.165, 1.54) is 0 Å². The Kier molecular flexibility index (Phi) is 7.72. The third kappa shape index (κ3) is 4.43. The molecule has 3 nitrogen and oxygen atoms in total. The van der Waals surface area contributed by atoms with Gasteiger partial charge in [0.2, 0.25) is 0 Å². The van der Waals surface area contributed by atoms with E-state index in [0.29, 0.717) is 16.2 Å². The minimum absolute atomic E-state index is 0. The highest BCUT2D eigenvalue weighted by Crippen LogP contribution is 2.24. The van der Waals surface area contributed by atoms with Crippen LogP contribution in [0.25, 0.3) is 0 Å². The quantitative estimate of drug-likeness (QED) is 0.807. The van der Waals surface area contributed by atoms with Gasteiger partial charge in [0.1, 0.15) is 5.15 Å². The van der Waals surface area contributed by atoms with Crippen molar-refractivity contribution in [3.8, 4) is 0 Å². The molecule has 1 atom stereocenters. The van der Waals surface area contributed by atoms with Gasteiger partial charge in [0.25, 0.3) is 0 Å². The molecule has 0 aliphatic carbocycles. The van der Waals surface area contributed by atoms with Gasteiger partial charge in [-0.15, -0.1) is 24.8 Å². The van der Waals surface area contributed by atoms with Crippen LogP contribution in [0.5, 0.6) is 0 Å². The molecule has 1 N–H and O–H groups in total. The highest BCUT2D eigenvalue weighted by Gasteiger charge is 2.18. The molecule has 1 aliphatic rings. The summed E-state index contributed by atoms with van der Waals surface area (Å²) in [6.07, 6.45) is 1.78. The first kappa shape index (κ1) is 17.2. The Morgan fingerprint density at radius 3 is 2.71 bits per heavy atom. The molecule has 2 rings (SSSR count). The van der Waals surface area contributed by atoms with E-state index >= 15 is 0 Å². The van der Waals surface area contributed by atoms with E-state index in [1.54, 1.807) is 6.20 Å². The third-order valence-electron chi connectivity index (χ3n) is 2.60. The van der Waals surface area contributed by atoms with Crippen molar-refractivity contribution in [2.45, 2.75) is 6.04 Å². The fourth-order valence-corrected chi connectivity index (χ4v) is 2.03. The molecular formula is C10H15Cl4N3. The normalized spacial score (nSPS) is 20.3. The van der Waals surface area contributed by atoms with Gasteiger partial charge < -0.3 is 10.2 Å². The van der Waals surface area contributed by atoms with Crippen molar-refractivity contribution in [3.05, 3.63) is 28.0 Å². The third-order valence-corrected chi connectivity index (χ3v) is 3.28. The lowest BCUT2D eigenvalue weighted by atomic mass is 10.1. The van der Waals surface area contributed by atoms with Gasteiger partial charge in [-0.1, -0.05) is 23.2 Å². The molecule has 1 fully saturated rings. The van der Waals surface area contributed by atoms with Gasteiger partial charge in [0, 0.05) is 31.9 Å². The molecule has 0 amide bonds. The number of nitrogens with one attached hydrogen (secondary N) is 1. The lowest BCUT2D eigenvalue weighted by molar-refractivity contribution is 0.240. The summed E-state index contributed by atoms with van der Waals surface area (Å²) in [5, 5.41) is 4.31. The van der Waals surface area contributed by atoms with Crippen LogP contribution in [0.1, 0.15) is 11.6 Å². The van der Waals surface area contributed by atoms with Crippen LogP contribution in [0, 0.1) is 0 Å². The molecule has 1 aromatic heterocycles. The molecule has 17 heavy (non-hydrogen) atoms. The molecule has 1 aliphatic heterocycles. The van der Waals surface area contributed by atoms with Crippen LogP contribution in [0.4, 0.5) is 0 Å². The summed E-state index contributed by atoms with van der Waals surface area (Å²) >= 11 is 11.7. The summed E-state index contributed by atoms with van der Waals surface area (Å²) in [6.45, 7) is 3.03. The number of hydrogen-bond acceptors (Lipinski definition) is 3. The number of rotatable bonds is 1. The summed E-state index contributed by atoms with van der Waals surface area (Å²) in [6, 6.07) is 2.18. The molecule has 98 valence electrons. The zero-order valence-corrected chi connectivity index (χ0v) is 12.5. The molecule has 2 heterocycles. The van der Waals surface area contributed by atoms with Crippen molar-refractivity contribution in [1.29, 1.82) is 0 Å². The Morgan fingerprint density at radius 2 is 2.12 bits per heavy atom. The van der Waals surface area contributed by atoms with Gasteiger partial charge in [-0.2, -0.15) is 0 Å². The maximum absolute atomic E-state index is 5.93. The molecule has 1 aromatic rings. The lowest BCUT2D eigenvalue weighted by Crippen LogP contribution is -2.43. The van der Waals surface area contributed by atoms with E-state index in [1.807, 2.05) is 6.07 Å². The van der Waals surface area contributed by atoms with Crippen LogP contribution in [0.3, 0.4) is 0 Å². The van der Waals surface area contributed by atoms with E-state index in [0.717, 1.165) is 25.2 Å². The second-order valence-corrected chi connectivity index (χ2v) is 4.58. The summed E-state index contributed by atoms with van der Waals surface area (Å²) in [5.74, 6) is 0. The molecule has 0 radical (unpaired) electrons. The number of aromatic nitrogens is 1. The lowest BCUT2D eigenvalue weighted by Gasteiger charge is -2.31. The molecule has 0 saturated carbocycles. The molecule has 7 heteroatoms. The standard InChI is InChI=1S/C10H13Cl2N3.2ClH/c1-15-3-2-13-9(6-15)7-4-8(11)10(12)14-5-7;;/h4-5,9,13H,2-3,6H2,1H3;2*1H. The highest BCUT2D eigenvalue weighted by atomic mass is 35.5. The van der Waals surface area contributed by atoms with E-state index in [-0.39, 0.29) is 24.8 Å². The van der Waals surface area contributed by atoms with E-state index < -0.39 is 0 Å². The summed E-state index contributed by atoms with van der Waals surface area (Å²) < 4.78 is 0. The maximum Gasteiger partial charge on any atom is 0.147 e. The van der Waals surface area contributed by atoms with E-state index in [4.69, 9.17) is 23.2 Å². The highest BCUT2D eigenvalue weighted by molar-refractivity contribution is 6.41. The molecule has 0 bridgehead atoms. The van der Waals surface area contributed by atoms with E-state index in [2.05, 4.69) is 22.2 Å². The van der Waals surface area contributed by atoms with Gasteiger partial charge in [-0.25, -0.2) is 4.98 Å². The largest absolute Gasteiger partial charge is 0.308 e. The second-order valence-electron chi connectivity index (χ2n) is 3.81. The second kappa shape index (κ2) is 7.62. The first-order chi connectivity index (χ1) is 7.16. The van der Waals surface area contributed by atoms with Gasteiger partial charge in [-0.05, 0) is 18.7 Å². The van der Waals surface area contributed by atoms with Gasteiger partial charge >= 0.3 is 0 Å². The number of likely N-dealkylation sites (N-methyl/N-ethyl adjacent to an activating group) is 1. The predicted molar refractivity (Wildman–Crippen MR) is 77.0 cm³/mol. The van der Waals surface area contributed by atoms with Crippen molar-refractivity contribution in [1.82, 2.24) is 15.2 Å². The van der Waals surface area contributed by atoms with Gasteiger partial charge in [-0.3, -0.25) is 0 Å². The first-order valence-electron chi connectivity index (χ1n) is 4.89. The van der Waals surface area contributed by atoms with Crippen molar-refractivity contribution >= 4 is 48.0 Å². The topological polar surface area (TPSA) is 28.2 Å². The van der Waals surface area contributed by atoms with Crippen LogP contribution in [-0.2, 0) is 0 Å². The van der Waals surface area contributed by atoms with Crippen molar-refractivity contribution in [2.24, 2.45) is 0 Å². The summed E-state index contributed by atoms with van der Waals surface area (Å²) in [5.41, 5.74) is 1.09. The number of nitrogens with zero attached hydrogens (tertiary/aromatic N) is 2. The monoisotopic (exact) mass is 317 g/mol. The summed E-state index contributed by atoms with van der Waals surface area (Å²) in [4.78, 5) is 6.34. The summed E-state index contributed by atoms with van der Waals surface area (Å²) in [7, 11) is 2.11. The van der Waals surface area contributed by atoms with Gasteiger partial charge in [0.15, 0.2) is 0 Å². The van der Waals surface area contributed by atoms with E-state index in [9.17, 15) is 0 Å². The Morgan fingerprint density at radius 1 is 1.41 bits per heavy atom. The number of piperazine rings is 1. The van der Waals surface area contributed by atoms with Gasteiger partial charge in [0.05, 0.1) is 5.02 Å². The number of halogens is 4. The zero-order chi connectivity index (χ0) is 10.8. The zero-order valence-electron chi connectivity index (χ0n) is 9.32. The van der Waals surface area contributed by atoms with Crippen molar-refractivity contribution < 1.29 is 0 Å². The number of hydrogen-bond donors (Lipinski definition) is 1. The Bertz CT molecular complexity index is 361. The average molecular weight is 319 g/mol. The SMILES string of the molecule is CN1CCNC(c2cnc(Cl)c(Cl)c2)C1.Cl.Cl. The van der Waals surface area contributed by atoms with Crippen LogP contribution in [-0.4, -0.2) is 36.6 Å². The molecule has 0 spiro atoms. The van der Waals surface area contributed by atoms with Crippen LogP contribution >= 0.6 is 48.0 Å². The fourth-order valence-electron chi connectivity index (χ4n) is 1.75. The molecular weight excluding hydrogens is 304 g/mol. The molecule has 1 unspecified atom stereocenters. The van der Waals surface area contributed by atoms with Crippen LogP contribution in [0.2, 0.25) is 10.2 Å². The van der Waals surface area contributed by atoms with Crippen molar-refractivity contribution in [2.75, 3.05) is 26.7 Å². The molecule has 1 saturated heterocycles. The first-order valence-corrected chi connectivity index (χ1v) is 5.65.